The summed E-state index contributed by atoms with van der Waals surface area (Å²) in [6, 6.07) is 4.16. The average Bonchev–Trinajstić information content (AvgIpc) is 2.43. The van der Waals surface area contributed by atoms with Gasteiger partial charge in [0, 0.05) is 11.0 Å². The highest BCUT2D eigenvalue weighted by molar-refractivity contribution is 9.10. The molecule has 0 bridgehead atoms. The molecule has 110 valence electrons. The first-order valence-corrected chi connectivity index (χ1v) is 7.54. The van der Waals surface area contributed by atoms with Crippen molar-refractivity contribution in [2.45, 2.75) is 26.2 Å². The molecule has 0 atom stereocenters. The molecule has 20 heavy (non-hydrogen) atoms. The molecule has 0 radical (unpaired) electrons. The molecule has 4 nitrogen and oxygen atoms in total. The molecule has 0 aliphatic carbocycles. The van der Waals surface area contributed by atoms with Crippen LogP contribution in [0.1, 0.15) is 36.5 Å². The fourth-order valence-corrected chi connectivity index (χ4v) is 1.99. The van der Waals surface area contributed by atoms with Crippen molar-refractivity contribution >= 4 is 39.2 Å². The highest BCUT2D eigenvalue weighted by atomic mass is 79.9. The van der Waals surface area contributed by atoms with Crippen LogP contribution in [0.15, 0.2) is 22.7 Å². The summed E-state index contributed by atoms with van der Waals surface area (Å²) in [5.41, 5.74) is 4.84. The number of halogens is 2. The van der Waals surface area contributed by atoms with E-state index in [2.05, 4.69) is 39.0 Å². The first-order chi connectivity index (χ1) is 9.54. The van der Waals surface area contributed by atoms with Gasteiger partial charge in [-0.05, 0) is 36.8 Å². The van der Waals surface area contributed by atoms with Gasteiger partial charge < -0.3 is 5.32 Å². The molecular formula is C13H17BrFN3OS. The molecule has 1 rings (SSSR count). The van der Waals surface area contributed by atoms with Crippen LogP contribution in [-0.2, 0) is 0 Å². The summed E-state index contributed by atoms with van der Waals surface area (Å²) in [6.45, 7) is 2.85. The van der Waals surface area contributed by atoms with Crippen LogP contribution in [0.25, 0.3) is 0 Å². The standard InChI is InChI=1S/C13H17BrFN3OS/c1-2-3-4-7-16-13(20)18-17-12(19)10-8-9(14)5-6-11(10)15/h5-6,8H,2-4,7H2,1H3,(H,17,19)(H2,16,18,20). The minimum absolute atomic E-state index is 0.0549. The van der Waals surface area contributed by atoms with E-state index in [4.69, 9.17) is 12.2 Å². The summed E-state index contributed by atoms with van der Waals surface area (Å²) in [7, 11) is 0. The second-order valence-corrected chi connectivity index (χ2v) is 5.49. The number of hydrogen-bond donors (Lipinski definition) is 3. The van der Waals surface area contributed by atoms with Crippen molar-refractivity contribution in [3.8, 4) is 0 Å². The number of carbonyl (C=O) groups is 1. The molecular weight excluding hydrogens is 345 g/mol. The molecule has 7 heteroatoms. The van der Waals surface area contributed by atoms with Crippen molar-refractivity contribution in [2.75, 3.05) is 6.54 Å². The van der Waals surface area contributed by atoms with E-state index in [0.29, 0.717) is 9.59 Å². The lowest BCUT2D eigenvalue weighted by Gasteiger charge is -2.11. The summed E-state index contributed by atoms with van der Waals surface area (Å²) in [6.07, 6.45) is 3.25. The number of amides is 1. The van der Waals surface area contributed by atoms with Gasteiger partial charge in [0.25, 0.3) is 5.91 Å². The average molecular weight is 362 g/mol. The maximum atomic E-state index is 13.5. The van der Waals surface area contributed by atoms with Crippen molar-refractivity contribution in [3.63, 3.8) is 0 Å². The third kappa shape index (κ3) is 5.83. The fourth-order valence-electron chi connectivity index (χ4n) is 1.47. The number of nitrogens with one attached hydrogen (secondary N) is 3. The van der Waals surface area contributed by atoms with Crippen molar-refractivity contribution in [1.82, 2.24) is 16.2 Å². The van der Waals surface area contributed by atoms with Gasteiger partial charge in [-0.1, -0.05) is 35.7 Å². The predicted octanol–water partition coefficient (Wildman–Crippen LogP) is 2.89. The Bertz CT molecular complexity index is 485. The van der Waals surface area contributed by atoms with E-state index in [1.807, 2.05) is 0 Å². The van der Waals surface area contributed by atoms with Crippen LogP contribution >= 0.6 is 28.1 Å². The molecule has 0 aliphatic heterocycles. The van der Waals surface area contributed by atoms with Gasteiger partial charge in [-0.3, -0.25) is 15.6 Å². The minimum Gasteiger partial charge on any atom is -0.361 e. The Morgan fingerprint density at radius 2 is 2.10 bits per heavy atom. The third-order valence-electron chi connectivity index (χ3n) is 2.53. The maximum absolute atomic E-state index is 13.5. The van der Waals surface area contributed by atoms with Crippen LogP contribution in [0.5, 0.6) is 0 Å². The van der Waals surface area contributed by atoms with E-state index >= 15 is 0 Å². The molecule has 0 saturated heterocycles. The third-order valence-corrected chi connectivity index (χ3v) is 3.27. The van der Waals surface area contributed by atoms with Crippen molar-refractivity contribution in [2.24, 2.45) is 0 Å². The van der Waals surface area contributed by atoms with E-state index < -0.39 is 11.7 Å². The van der Waals surface area contributed by atoms with Crippen LogP contribution in [0, 0.1) is 5.82 Å². The van der Waals surface area contributed by atoms with Gasteiger partial charge in [0.05, 0.1) is 5.56 Å². The van der Waals surface area contributed by atoms with E-state index in [1.165, 1.54) is 18.2 Å². The molecule has 0 spiro atoms. The maximum Gasteiger partial charge on any atom is 0.272 e. The van der Waals surface area contributed by atoms with E-state index in [0.717, 1.165) is 25.8 Å². The van der Waals surface area contributed by atoms with Crippen molar-refractivity contribution in [1.29, 1.82) is 0 Å². The lowest BCUT2D eigenvalue weighted by atomic mass is 10.2. The quantitative estimate of drug-likeness (QED) is 0.428. The summed E-state index contributed by atoms with van der Waals surface area (Å²) in [5, 5.41) is 3.26. The van der Waals surface area contributed by atoms with E-state index in [9.17, 15) is 9.18 Å². The number of hydrazine groups is 1. The first-order valence-electron chi connectivity index (χ1n) is 6.33. The molecule has 0 unspecified atom stereocenters. The van der Waals surface area contributed by atoms with Gasteiger partial charge in [0.15, 0.2) is 5.11 Å². The van der Waals surface area contributed by atoms with Gasteiger partial charge in [-0.15, -0.1) is 0 Å². The SMILES string of the molecule is CCCCCNC(=S)NNC(=O)c1cc(Br)ccc1F. The van der Waals surface area contributed by atoms with Crippen molar-refractivity contribution in [3.05, 3.63) is 34.1 Å². The van der Waals surface area contributed by atoms with Crippen LogP contribution in [0.4, 0.5) is 4.39 Å². The summed E-state index contributed by atoms with van der Waals surface area (Å²) >= 11 is 8.18. The molecule has 0 aromatic heterocycles. The molecule has 0 aliphatic rings. The van der Waals surface area contributed by atoms with Crippen LogP contribution < -0.4 is 16.2 Å². The minimum atomic E-state index is -0.589. The zero-order valence-corrected chi connectivity index (χ0v) is 13.5. The molecule has 1 aromatic carbocycles. The summed E-state index contributed by atoms with van der Waals surface area (Å²) in [4.78, 5) is 11.8. The van der Waals surface area contributed by atoms with E-state index in [-0.39, 0.29) is 5.56 Å². The Labute approximate surface area is 131 Å². The summed E-state index contributed by atoms with van der Waals surface area (Å²) < 4.78 is 14.1. The Balaban J connectivity index is 2.39. The topological polar surface area (TPSA) is 53.2 Å². The second-order valence-electron chi connectivity index (χ2n) is 4.17. The van der Waals surface area contributed by atoms with Crippen molar-refractivity contribution < 1.29 is 9.18 Å². The number of carbonyl (C=O) groups excluding carboxylic acids is 1. The number of benzene rings is 1. The van der Waals surface area contributed by atoms with Crippen LogP contribution in [-0.4, -0.2) is 17.6 Å². The zero-order chi connectivity index (χ0) is 15.0. The molecule has 1 amide bonds. The zero-order valence-electron chi connectivity index (χ0n) is 11.1. The lowest BCUT2D eigenvalue weighted by Crippen LogP contribution is -2.47. The summed E-state index contributed by atoms with van der Waals surface area (Å²) in [5.74, 6) is -1.17. The second kappa shape index (κ2) is 8.86. The molecule has 0 fully saturated rings. The smallest absolute Gasteiger partial charge is 0.272 e. The van der Waals surface area contributed by atoms with Gasteiger partial charge in [0.1, 0.15) is 5.82 Å². The van der Waals surface area contributed by atoms with Gasteiger partial charge in [-0.25, -0.2) is 4.39 Å². The number of rotatable bonds is 5. The lowest BCUT2D eigenvalue weighted by molar-refractivity contribution is 0.0939. The Hall–Kier alpha value is -1.21. The van der Waals surface area contributed by atoms with Gasteiger partial charge in [-0.2, -0.15) is 0 Å². The molecule has 1 aromatic rings. The Morgan fingerprint density at radius 3 is 2.80 bits per heavy atom. The molecule has 0 heterocycles. The monoisotopic (exact) mass is 361 g/mol. The largest absolute Gasteiger partial charge is 0.361 e. The highest BCUT2D eigenvalue weighted by Crippen LogP contribution is 2.15. The number of hydrogen-bond acceptors (Lipinski definition) is 2. The van der Waals surface area contributed by atoms with Crippen LogP contribution in [0.3, 0.4) is 0 Å². The fraction of sp³-hybridized carbons (Fsp3) is 0.385. The Morgan fingerprint density at radius 1 is 1.35 bits per heavy atom. The van der Waals surface area contributed by atoms with Gasteiger partial charge >= 0.3 is 0 Å². The highest BCUT2D eigenvalue weighted by Gasteiger charge is 2.12. The normalized spacial score (nSPS) is 9.95. The van der Waals surface area contributed by atoms with Crippen LogP contribution in [0.2, 0.25) is 0 Å². The predicted molar refractivity (Wildman–Crippen MR) is 84.8 cm³/mol. The first kappa shape index (κ1) is 16.8. The molecule has 0 saturated carbocycles. The molecule has 3 N–H and O–H groups in total. The Kier molecular flexibility index (Phi) is 7.46. The van der Waals surface area contributed by atoms with E-state index in [1.54, 1.807) is 0 Å². The van der Waals surface area contributed by atoms with Gasteiger partial charge in [0.2, 0.25) is 0 Å². The number of unbranched alkanes of at least 4 members (excludes halogenated alkanes) is 2. The number of thiocarbonyl (C=S) groups is 1.